The lowest BCUT2D eigenvalue weighted by molar-refractivity contribution is -0.167. The fourth-order valence-corrected chi connectivity index (χ4v) is 11.0. The van der Waals surface area contributed by atoms with Crippen molar-refractivity contribution in [3.63, 3.8) is 0 Å². The molecule has 0 aromatic carbocycles. The highest BCUT2D eigenvalue weighted by atomic mass is 16.6. The summed E-state index contributed by atoms with van der Waals surface area (Å²) in [5, 5.41) is 0. The van der Waals surface area contributed by atoms with Gasteiger partial charge in [0.2, 0.25) is 0 Å². The van der Waals surface area contributed by atoms with E-state index in [1.54, 1.807) is 0 Å². The van der Waals surface area contributed by atoms with Gasteiger partial charge in [0.25, 0.3) is 0 Å². The van der Waals surface area contributed by atoms with Gasteiger partial charge in [-0.3, -0.25) is 14.4 Å². The molecule has 0 saturated carbocycles. The highest BCUT2D eigenvalue weighted by molar-refractivity contribution is 5.71. The summed E-state index contributed by atoms with van der Waals surface area (Å²) in [4.78, 5) is 38.5. The van der Waals surface area contributed by atoms with Gasteiger partial charge in [0.1, 0.15) is 13.2 Å². The highest BCUT2D eigenvalue weighted by Gasteiger charge is 2.19. The first kappa shape index (κ1) is 80.1. The van der Waals surface area contributed by atoms with E-state index < -0.39 is 6.10 Å². The van der Waals surface area contributed by atoms with Crippen LogP contribution >= 0.6 is 0 Å². The number of carbonyl (C=O) groups excluding carboxylic acids is 3. The molecule has 0 spiro atoms. The van der Waals surface area contributed by atoms with E-state index in [9.17, 15) is 14.4 Å². The molecule has 0 heterocycles. The quantitative estimate of drug-likeness (QED) is 0.0261. The van der Waals surface area contributed by atoms with E-state index in [4.69, 9.17) is 14.2 Å². The first-order valence-electron chi connectivity index (χ1n) is 36.8. The zero-order valence-electron chi connectivity index (χ0n) is 55.7. The minimum Gasteiger partial charge on any atom is -0.462 e. The second-order valence-corrected chi connectivity index (χ2v) is 24.8. The highest BCUT2D eigenvalue weighted by Crippen LogP contribution is 2.19. The van der Waals surface area contributed by atoms with E-state index in [1.165, 1.54) is 263 Å². The maximum Gasteiger partial charge on any atom is 0.306 e. The Bertz CT molecular complexity index is 1470. The van der Waals surface area contributed by atoms with Crippen molar-refractivity contribution in [2.24, 2.45) is 0 Å². The van der Waals surface area contributed by atoms with Crippen molar-refractivity contribution >= 4 is 17.9 Å². The van der Waals surface area contributed by atoms with Gasteiger partial charge < -0.3 is 14.2 Å². The van der Waals surface area contributed by atoms with Gasteiger partial charge in [-0.15, -0.1) is 0 Å². The lowest BCUT2D eigenvalue weighted by Gasteiger charge is -2.18. The third kappa shape index (κ3) is 69.8. The number of unbranched alkanes of at least 4 members (excludes halogenated alkanes) is 47. The van der Waals surface area contributed by atoms with Crippen LogP contribution in [-0.4, -0.2) is 37.2 Å². The molecule has 0 radical (unpaired) electrons. The smallest absolute Gasteiger partial charge is 0.306 e. The van der Waals surface area contributed by atoms with Gasteiger partial charge in [-0.25, -0.2) is 0 Å². The molecule has 0 amide bonds. The summed E-state index contributed by atoms with van der Waals surface area (Å²) in [6.45, 7) is 6.59. The molecule has 0 fully saturated rings. The largest absolute Gasteiger partial charge is 0.462 e. The molecule has 83 heavy (non-hydrogen) atoms. The minimum absolute atomic E-state index is 0.0748. The third-order valence-electron chi connectivity index (χ3n) is 16.5. The van der Waals surface area contributed by atoms with Crippen molar-refractivity contribution in [3.05, 3.63) is 60.8 Å². The summed E-state index contributed by atoms with van der Waals surface area (Å²) in [7, 11) is 0. The van der Waals surface area contributed by atoms with Crippen molar-refractivity contribution in [2.45, 2.75) is 399 Å². The molecule has 0 bridgehead atoms. The van der Waals surface area contributed by atoms with E-state index in [0.717, 1.165) is 89.9 Å². The van der Waals surface area contributed by atoms with Gasteiger partial charge >= 0.3 is 17.9 Å². The van der Waals surface area contributed by atoms with E-state index in [0.29, 0.717) is 19.3 Å². The fourth-order valence-electron chi connectivity index (χ4n) is 11.0. The molecule has 0 aliphatic carbocycles. The number of esters is 3. The summed E-state index contributed by atoms with van der Waals surface area (Å²) < 4.78 is 17.0. The van der Waals surface area contributed by atoms with Gasteiger partial charge in [-0.1, -0.05) is 351 Å². The molecule has 1 atom stereocenters. The molecule has 6 heteroatoms. The van der Waals surface area contributed by atoms with Crippen LogP contribution in [0.15, 0.2) is 60.8 Å². The summed E-state index contributed by atoms with van der Waals surface area (Å²) >= 11 is 0. The number of hydrogen-bond acceptors (Lipinski definition) is 6. The van der Waals surface area contributed by atoms with Crippen molar-refractivity contribution < 1.29 is 28.6 Å². The summed E-state index contributed by atoms with van der Waals surface area (Å²) in [5.41, 5.74) is 0. The standard InChI is InChI=1S/C77H140O6/c1-4-7-10-13-16-19-22-25-28-31-34-36-37-38-39-40-42-43-46-49-52-55-58-61-64-67-70-76(79)82-73-74(72-81-75(78)69-66-63-60-57-54-51-48-45-33-30-27-24-21-18-15-12-9-6-3)83-77(80)71-68-65-62-59-56-53-50-47-44-41-35-32-29-26-23-20-17-14-11-8-5-2/h8,11,17,20,26,29-30,33,35,41,74H,4-7,9-10,12-16,18-19,21-25,27-28,31-32,34,36-40,42-73H2,1-3H3/b11-8-,20-17-,29-26-,33-30-,41-35-. The van der Waals surface area contributed by atoms with Crippen molar-refractivity contribution in [1.82, 2.24) is 0 Å². The number of ether oxygens (including phenoxy) is 3. The van der Waals surface area contributed by atoms with Crippen LogP contribution in [0.25, 0.3) is 0 Å². The molecule has 0 aliphatic rings. The van der Waals surface area contributed by atoms with Gasteiger partial charge in [-0.2, -0.15) is 0 Å². The Morgan fingerprint density at radius 3 is 0.747 bits per heavy atom. The molecule has 0 saturated heterocycles. The number of hydrogen-bond donors (Lipinski definition) is 0. The summed E-state index contributed by atoms with van der Waals surface area (Å²) in [6.07, 6.45) is 92.5. The zero-order chi connectivity index (χ0) is 59.9. The van der Waals surface area contributed by atoms with Crippen LogP contribution in [0.1, 0.15) is 393 Å². The molecule has 6 nitrogen and oxygen atoms in total. The van der Waals surface area contributed by atoms with E-state index in [2.05, 4.69) is 81.5 Å². The number of carbonyl (C=O) groups is 3. The van der Waals surface area contributed by atoms with Crippen LogP contribution < -0.4 is 0 Å². The Hall–Kier alpha value is -2.89. The van der Waals surface area contributed by atoms with E-state index in [1.807, 2.05) is 0 Å². The van der Waals surface area contributed by atoms with Crippen LogP contribution in [0, 0.1) is 0 Å². The zero-order valence-corrected chi connectivity index (χ0v) is 55.7. The van der Waals surface area contributed by atoms with Crippen LogP contribution in [0.4, 0.5) is 0 Å². The SMILES string of the molecule is CC/C=C\C/C=C\C/C=C\C/C=C\CCCCCCCCCCC(=O)OC(COC(=O)CCCCCCCCC/C=C\CCCCCCCCC)COC(=O)CCCCCCCCCCCCCCCCCCCCCCCCCCCC. The van der Waals surface area contributed by atoms with Crippen LogP contribution in [0.2, 0.25) is 0 Å². The molecule has 0 aliphatic heterocycles. The molecule has 0 aromatic heterocycles. The van der Waals surface area contributed by atoms with Crippen LogP contribution in [0.5, 0.6) is 0 Å². The molecule has 0 aromatic rings. The van der Waals surface area contributed by atoms with E-state index in [-0.39, 0.29) is 31.1 Å². The molecular weight excluding hydrogens is 1020 g/mol. The maximum atomic E-state index is 13.0. The Balaban J connectivity index is 4.31. The van der Waals surface area contributed by atoms with Crippen molar-refractivity contribution in [3.8, 4) is 0 Å². The average Bonchev–Trinajstić information content (AvgIpc) is 3.50. The Morgan fingerprint density at radius 2 is 0.470 bits per heavy atom. The van der Waals surface area contributed by atoms with Gasteiger partial charge in [0.05, 0.1) is 0 Å². The third-order valence-corrected chi connectivity index (χ3v) is 16.5. The number of allylic oxidation sites excluding steroid dienone is 10. The fraction of sp³-hybridized carbons (Fsp3) is 0.831. The first-order valence-corrected chi connectivity index (χ1v) is 36.8. The molecule has 484 valence electrons. The average molecular weight is 1160 g/mol. The lowest BCUT2D eigenvalue weighted by atomic mass is 10.0. The lowest BCUT2D eigenvalue weighted by Crippen LogP contribution is -2.30. The van der Waals surface area contributed by atoms with Gasteiger partial charge in [0.15, 0.2) is 6.10 Å². The first-order chi connectivity index (χ1) is 41.0. The Morgan fingerprint density at radius 1 is 0.253 bits per heavy atom. The number of rotatable bonds is 68. The van der Waals surface area contributed by atoms with Crippen molar-refractivity contribution in [1.29, 1.82) is 0 Å². The molecule has 0 N–H and O–H groups in total. The second-order valence-electron chi connectivity index (χ2n) is 24.8. The van der Waals surface area contributed by atoms with Gasteiger partial charge in [-0.05, 0) is 83.5 Å². The maximum absolute atomic E-state index is 13.0. The second kappa shape index (κ2) is 71.6. The summed E-state index contributed by atoms with van der Waals surface area (Å²) in [5.74, 6) is -0.861. The molecule has 0 rings (SSSR count). The Kier molecular flexibility index (Phi) is 69.1. The Labute approximate surface area is 517 Å². The van der Waals surface area contributed by atoms with Gasteiger partial charge in [0, 0.05) is 19.3 Å². The predicted molar refractivity (Wildman–Crippen MR) is 362 cm³/mol. The summed E-state index contributed by atoms with van der Waals surface area (Å²) in [6, 6.07) is 0. The minimum atomic E-state index is -0.781. The topological polar surface area (TPSA) is 78.9 Å². The molecular formula is C77H140O6. The van der Waals surface area contributed by atoms with E-state index >= 15 is 0 Å². The van der Waals surface area contributed by atoms with Crippen LogP contribution in [0.3, 0.4) is 0 Å². The molecule has 1 unspecified atom stereocenters. The monoisotopic (exact) mass is 1160 g/mol. The van der Waals surface area contributed by atoms with Crippen molar-refractivity contribution in [2.75, 3.05) is 13.2 Å². The predicted octanol–water partition coefficient (Wildman–Crippen LogP) is 25.5. The normalized spacial score (nSPS) is 12.4. The van der Waals surface area contributed by atoms with Crippen LogP contribution in [-0.2, 0) is 28.6 Å².